The van der Waals surface area contributed by atoms with Crippen molar-refractivity contribution in [1.29, 1.82) is 0 Å². The molecule has 1 aliphatic rings. The number of carbonyl (C=O) groups is 2. The van der Waals surface area contributed by atoms with Crippen molar-refractivity contribution in [3.63, 3.8) is 0 Å². The molecule has 21 heavy (non-hydrogen) atoms. The van der Waals surface area contributed by atoms with Crippen LogP contribution >= 0.6 is 0 Å². The van der Waals surface area contributed by atoms with E-state index in [1.807, 2.05) is 49.4 Å². The SMILES string of the molecule is Cc1cccc2c1CC(C(=O)OCc1ccccc1)C2=O. The summed E-state index contributed by atoms with van der Waals surface area (Å²) in [6.45, 7) is 2.17. The standard InChI is InChI=1S/C18H16O3/c1-12-6-5-9-14-15(12)10-16(17(14)19)18(20)21-11-13-7-3-2-4-8-13/h2-9,16H,10-11H2,1H3. The zero-order valence-electron chi connectivity index (χ0n) is 11.8. The zero-order chi connectivity index (χ0) is 14.8. The van der Waals surface area contributed by atoms with Crippen molar-refractivity contribution in [2.24, 2.45) is 5.92 Å². The van der Waals surface area contributed by atoms with Crippen LogP contribution in [0.1, 0.15) is 27.0 Å². The Balaban J connectivity index is 1.70. The lowest BCUT2D eigenvalue weighted by Crippen LogP contribution is -2.23. The van der Waals surface area contributed by atoms with E-state index < -0.39 is 11.9 Å². The summed E-state index contributed by atoms with van der Waals surface area (Å²) in [4.78, 5) is 24.5. The number of esters is 1. The van der Waals surface area contributed by atoms with Crippen molar-refractivity contribution in [2.45, 2.75) is 20.0 Å². The van der Waals surface area contributed by atoms with E-state index in [1.165, 1.54) is 0 Å². The summed E-state index contributed by atoms with van der Waals surface area (Å²) >= 11 is 0. The van der Waals surface area contributed by atoms with Crippen molar-refractivity contribution in [2.75, 3.05) is 0 Å². The van der Waals surface area contributed by atoms with Crippen LogP contribution in [0.3, 0.4) is 0 Å². The molecule has 2 aromatic carbocycles. The molecule has 0 radical (unpaired) electrons. The fraction of sp³-hybridized carbons (Fsp3) is 0.222. The number of ketones is 1. The van der Waals surface area contributed by atoms with E-state index in [0.717, 1.165) is 16.7 Å². The van der Waals surface area contributed by atoms with Crippen LogP contribution in [0.25, 0.3) is 0 Å². The van der Waals surface area contributed by atoms with Crippen molar-refractivity contribution < 1.29 is 14.3 Å². The maximum absolute atomic E-state index is 12.3. The van der Waals surface area contributed by atoms with E-state index in [4.69, 9.17) is 4.74 Å². The number of rotatable bonds is 3. The van der Waals surface area contributed by atoms with Gasteiger partial charge in [0.15, 0.2) is 5.78 Å². The Labute approximate surface area is 123 Å². The number of Topliss-reactive ketones (excluding diaryl/α,β-unsaturated/α-hetero) is 1. The second-order valence-corrected chi connectivity index (χ2v) is 5.32. The van der Waals surface area contributed by atoms with E-state index in [1.54, 1.807) is 6.07 Å². The summed E-state index contributed by atoms with van der Waals surface area (Å²) in [7, 11) is 0. The smallest absolute Gasteiger partial charge is 0.317 e. The van der Waals surface area contributed by atoms with Crippen LogP contribution in [-0.2, 0) is 22.6 Å². The Hall–Kier alpha value is -2.42. The van der Waals surface area contributed by atoms with Gasteiger partial charge in [-0.25, -0.2) is 0 Å². The first-order chi connectivity index (χ1) is 10.2. The molecule has 0 N–H and O–H groups in total. The molecule has 1 aliphatic carbocycles. The highest BCUT2D eigenvalue weighted by atomic mass is 16.5. The van der Waals surface area contributed by atoms with Crippen LogP contribution in [0.15, 0.2) is 48.5 Å². The Morgan fingerprint density at radius 2 is 1.90 bits per heavy atom. The molecule has 0 amide bonds. The molecule has 0 spiro atoms. The van der Waals surface area contributed by atoms with Gasteiger partial charge in [0.1, 0.15) is 12.5 Å². The fourth-order valence-corrected chi connectivity index (χ4v) is 2.71. The first-order valence-corrected chi connectivity index (χ1v) is 7.00. The number of aryl methyl sites for hydroxylation is 1. The minimum atomic E-state index is -0.690. The Kier molecular flexibility index (Phi) is 3.57. The lowest BCUT2D eigenvalue weighted by atomic mass is 10.0. The number of fused-ring (bicyclic) bond motifs is 1. The fourth-order valence-electron chi connectivity index (χ4n) is 2.71. The minimum absolute atomic E-state index is 0.119. The molecule has 0 saturated heterocycles. The number of carbonyl (C=O) groups excluding carboxylic acids is 2. The van der Waals surface area contributed by atoms with Crippen LogP contribution in [-0.4, -0.2) is 11.8 Å². The molecular weight excluding hydrogens is 264 g/mol. The van der Waals surface area contributed by atoms with Crippen molar-refractivity contribution in [3.05, 3.63) is 70.8 Å². The summed E-state index contributed by atoms with van der Waals surface area (Å²) in [5.74, 6) is -1.24. The molecule has 3 heteroatoms. The molecule has 2 aromatic rings. The summed E-state index contributed by atoms with van der Waals surface area (Å²) in [5, 5.41) is 0. The lowest BCUT2D eigenvalue weighted by Gasteiger charge is -2.09. The quantitative estimate of drug-likeness (QED) is 0.641. The van der Waals surface area contributed by atoms with E-state index in [-0.39, 0.29) is 12.4 Å². The average molecular weight is 280 g/mol. The van der Waals surface area contributed by atoms with Gasteiger partial charge in [-0.3, -0.25) is 9.59 Å². The number of ether oxygens (including phenoxy) is 1. The molecule has 1 atom stereocenters. The predicted molar refractivity (Wildman–Crippen MR) is 78.9 cm³/mol. The molecular formula is C18H16O3. The van der Waals surface area contributed by atoms with E-state index in [2.05, 4.69) is 0 Å². The molecule has 106 valence electrons. The van der Waals surface area contributed by atoms with Gasteiger partial charge >= 0.3 is 5.97 Å². The van der Waals surface area contributed by atoms with Gasteiger partial charge in [0.05, 0.1) is 0 Å². The maximum Gasteiger partial charge on any atom is 0.317 e. The molecule has 0 aromatic heterocycles. The van der Waals surface area contributed by atoms with Gasteiger partial charge in [-0.2, -0.15) is 0 Å². The Bertz CT molecular complexity index is 689. The third kappa shape index (κ3) is 2.59. The Morgan fingerprint density at radius 1 is 1.14 bits per heavy atom. The third-order valence-corrected chi connectivity index (χ3v) is 3.91. The summed E-state index contributed by atoms with van der Waals surface area (Å²) in [6.07, 6.45) is 0.453. The van der Waals surface area contributed by atoms with Crippen molar-refractivity contribution in [1.82, 2.24) is 0 Å². The summed E-state index contributed by atoms with van der Waals surface area (Å²) in [6, 6.07) is 15.1. The van der Waals surface area contributed by atoms with E-state index in [0.29, 0.717) is 12.0 Å². The molecule has 0 heterocycles. The van der Waals surface area contributed by atoms with Crippen LogP contribution in [0, 0.1) is 12.8 Å². The largest absolute Gasteiger partial charge is 0.460 e. The first-order valence-electron chi connectivity index (χ1n) is 7.00. The molecule has 0 aliphatic heterocycles. The van der Waals surface area contributed by atoms with Crippen LogP contribution in [0.4, 0.5) is 0 Å². The topological polar surface area (TPSA) is 43.4 Å². The number of hydrogen-bond acceptors (Lipinski definition) is 3. The first kappa shape index (κ1) is 13.6. The van der Waals surface area contributed by atoms with Gasteiger partial charge in [-0.15, -0.1) is 0 Å². The number of hydrogen-bond donors (Lipinski definition) is 0. The van der Waals surface area contributed by atoms with Gasteiger partial charge in [0, 0.05) is 5.56 Å². The maximum atomic E-state index is 12.3. The molecule has 3 rings (SSSR count). The van der Waals surface area contributed by atoms with Gasteiger partial charge in [-0.1, -0.05) is 48.5 Å². The van der Waals surface area contributed by atoms with Crippen LogP contribution < -0.4 is 0 Å². The van der Waals surface area contributed by atoms with Crippen LogP contribution in [0.5, 0.6) is 0 Å². The number of benzene rings is 2. The van der Waals surface area contributed by atoms with Crippen molar-refractivity contribution >= 4 is 11.8 Å². The third-order valence-electron chi connectivity index (χ3n) is 3.91. The Morgan fingerprint density at radius 3 is 2.62 bits per heavy atom. The average Bonchev–Trinajstić information content (AvgIpc) is 2.85. The molecule has 3 nitrogen and oxygen atoms in total. The van der Waals surface area contributed by atoms with E-state index in [9.17, 15) is 9.59 Å². The minimum Gasteiger partial charge on any atom is -0.460 e. The zero-order valence-corrected chi connectivity index (χ0v) is 11.8. The van der Waals surface area contributed by atoms with Gasteiger partial charge in [0.25, 0.3) is 0 Å². The molecule has 1 unspecified atom stereocenters. The summed E-state index contributed by atoms with van der Waals surface area (Å²) < 4.78 is 5.29. The summed E-state index contributed by atoms with van der Waals surface area (Å²) in [5.41, 5.74) is 3.62. The van der Waals surface area contributed by atoms with Crippen molar-refractivity contribution in [3.8, 4) is 0 Å². The molecule has 0 fully saturated rings. The monoisotopic (exact) mass is 280 g/mol. The molecule has 0 bridgehead atoms. The van der Waals surface area contributed by atoms with Gasteiger partial charge in [-0.05, 0) is 30.0 Å². The molecule has 0 saturated carbocycles. The van der Waals surface area contributed by atoms with Crippen LogP contribution in [0.2, 0.25) is 0 Å². The normalized spacial score (nSPS) is 16.6. The highest BCUT2D eigenvalue weighted by molar-refractivity contribution is 6.12. The van der Waals surface area contributed by atoms with Gasteiger partial charge < -0.3 is 4.74 Å². The second-order valence-electron chi connectivity index (χ2n) is 5.32. The lowest BCUT2D eigenvalue weighted by molar-refractivity contribution is -0.147. The van der Waals surface area contributed by atoms with E-state index >= 15 is 0 Å². The predicted octanol–water partition coefficient (Wildman–Crippen LogP) is 3.09. The highest BCUT2D eigenvalue weighted by Crippen LogP contribution is 2.30. The van der Waals surface area contributed by atoms with Gasteiger partial charge in [0.2, 0.25) is 0 Å². The highest BCUT2D eigenvalue weighted by Gasteiger charge is 2.37. The second kappa shape index (κ2) is 5.52.